The Morgan fingerprint density at radius 3 is 2.56 bits per heavy atom. The predicted octanol–water partition coefficient (Wildman–Crippen LogP) is 5.95. The zero-order valence-corrected chi connectivity index (χ0v) is 16.7. The van der Waals surface area contributed by atoms with Crippen molar-refractivity contribution in [1.29, 1.82) is 0 Å². The number of halogens is 1. The van der Waals surface area contributed by atoms with E-state index in [9.17, 15) is 4.79 Å². The first kappa shape index (κ1) is 18.0. The molecule has 136 valence electrons. The van der Waals surface area contributed by atoms with Crippen LogP contribution in [-0.2, 0) is 6.54 Å². The fourth-order valence-corrected chi connectivity index (χ4v) is 4.25. The molecule has 0 radical (unpaired) electrons. The molecule has 0 aliphatic heterocycles. The van der Waals surface area contributed by atoms with E-state index >= 15 is 0 Å². The van der Waals surface area contributed by atoms with Gasteiger partial charge in [0.2, 0.25) is 0 Å². The van der Waals surface area contributed by atoms with E-state index in [0.29, 0.717) is 22.9 Å². The first-order valence-electron chi connectivity index (χ1n) is 8.85. The van der Waals surface area contributed by atoms with Crippen LogP contribution in [0, 0.1) is 0 Å². The second-order valence-corrected chi connectivity index (χ2v) is 8.14. The van der Waals surface area contributed by atoms with Crippen molar-refractivity contribution in [2.75, 3.05) is 0 Å². The highest BCUT2D eigenvalue weighted by Crippen LogP contribution is 2.31. The van der Waals surface area contributed by atoms with Crippen LogP contribution < -0.4 is 5.56 Å². The van der Waals surface area contributed by atoms with Gasteiger partial charge in [0.15, 0.2) is 0 Å². The molecule has 5 heteroatoms. The van der Waals surface area contributed by atoms with Crippen LogP contribution in [0.25, 0.3) is 21.3 Å². The predicted molar refractivity (Wildman–Crippen MR) is 114 cm³/mol. The summed E-state index contributed by atoms with van der Waals surface area (Å²) in [5, 5.41) is 3.34. The Morgan fingerprint density at radius 1 is 1.11 bits per heavy atom. The van der Waals surface area contributed by atoms with E-state index in [1.807, 2.05) is 29.6 Å². The molecular formula is C22H19ClN2OS. The normalized spacial score (nSPS) is 11.4. The van der Waals surface area contributed by atoms with Crippen molar-refractivity contribution in [2.24, 2.45) is 0 Å². The van der Waals surface area contributed by atoms with Crippen molar-refractivity contribution in [2.45, 2.75) is 26.3 Å². The summed E-state index contributed by atoms with van der Waals surface area (Å²) in [4.78, 5) is 18.4. The maximum atomic E-state index is 13.2. The summed E-state index contributed by atoms with van der Waals surface area (Å²) in [6.45, 7) is 4.75. The molecule has 0 amide bonds. The number of hydrogen-bond donors (Lipinski definition) is 0. The van der Waals surface area contributed by atoms with Crippen LogP contribution in [0.5, 0.6) is 0 Å². The second kappa shape index (κ2) is 7.29. The van der Waals surface area contributed by atoms with Crippen molar-refractivity contribution in [3.63, 3.8) is 0 Å². The molecule has 2 aromatic heterocycles. The Labute approximate surface area is 166 Å². The average Bonchev–Trinajstić information content (AvgIpc) is 3.10. The van der Waals surface area contributed by atoms with E-state index in [2.05, 4.69) is 43.1 Å². The van der Waals surface area contributed by atoms with Gasteiger partial charge >= 0.3 is 0 Å². The van der Waals surface area contributed by atoms with Crippen molar-refractivity contribution in [3.8, 4) is 11.1 Å². The van der Waals surface area contributed by atoms with Gasteiger partial charge < -0.3 is 0 Å². The third-order valence-electron chi connectivity index (χ3n) is 4.75. The fourth-order valence-electron chi connectivity index (χ4n) is 3.15. The molecular weight excluding hydrogens is 376 g/mol. The summed E-state index contributed by atoms with van der Waals surface area (Å²) in [5.41, 5.74) is 4.13. The highest BCUT2D eigenvalue weighted by Gasteiger charge is 2.14. The molecule has 2 aromatic carbocycles. The Balaban J connectivity index is 1.80. The number of thiophene rings is 1. The minimum Gasteiger partial charge on any atom is -0.294 e. The van der Waals surface area contributed by atoms with Crippen LogP contribution in [0.3, 0.4) is 0 Å². The Kier molecular flexibility index (Phi) is 4.85. The first-order chi connectivity index (χ1) is 13.0. The van der Waals surface area contributed by atoms with Gasteiger partial charge in [0.1, 0.15) is 4.83 Å². The largest absolute Gasteiger partial charge is 0.294 e. The molecule has 0 saturated heterocycles. The van der Waals surface area contributed by atoms with Gasteiger partial charge in [-0.15, -0.1) is 11.3 Å². The monoisotopic (exact) mass is 394 g/mol. The zero-order chi connectivity index (χ0) is 19.0. The number of nitrogens with zero attached hydrogens (tertiary/aromatic N) is 2. The number of hydrogen-bond acceptors (Lipinski definition) is 3. The van der Waals surface area contributed by atoms with Crippen LogP contribution in [0.2, 0.25) is 5.02 Å². The van der Waals surface area contributed by atoms with Gasteiger partial charge in [-0.1, -0.05) is 67.9 Å². The summed E-state index contributed by atoms with van der Waals surface area (Å²) < 4.78 is 1.63. The summed E-state index contributed by atoms with van der Waals surface area (Å²) in [6.07, 6.45) is 1.61. The van der Waals surface area contributed by atoms with E-state index < -0.39 is 0 Å². The second-order valence-electron chi connectivity index (χ2n) is 6.88. The minimum absolute atomic E-state index is 0.0379. The van der Waals surface area contributed by atoms with Gasteiger partial charge in [-0.3, -0.25) is 9.36 Å². The SMILES string of the molecule is CC(C)c1ccc(-c2csc3ncn(Cc4ccccc4Cl)c(=O)c23)cc1. The van der Waals surface area contributed by atoms with Crippen LogP contribution in [0.1, 0.15) is 30.9 Å². The highest BCUT2D eigenvalue weighted by molar-refractivity contribution is 7.17. The summed E-state index contributed by atoms with van der Waals surface area (Å²) in [5.74, 6) is 0.479. The van der Waals surface area contributed by atoms with Gasteiger partial charge in [0.25, 0.3) is 5.56 Å². The lowest BCUT2D eigenvalue weighted by atomic mass is 9.99. The fraction of sp³-hybridized carbons (Fsp3) is 0.182. The summed E-state index contributed by atoms with van der Waals surface area (Å²) >= 11 is 7.76. The summed E-state index contributed by atoms with van der Waals surface area (Å²) in [6, 6.07) is 16.0. The molecule has 0 N–H and O–H groups in total. The van der Waals surface area contributed by atoms with Crippen LogP contribution in [0.4, 0.5) is 0 Å². The van der Waals surface area contributed by atoms with Gasteiger partial charge in [0, 0.05) is 16.0 Å². The minimum atomic E-state index is -0.0379. The lowest BCUT2D eigenvalue weighted by Gasteiger charge is -2.09. The molecule has 27 heavy (non-hydrogen) atoms. The van der Waals surface area contributed by atoms with Crippen LogP contribution >= 0.6 is 22.9 Å². The molecule has 0 spiro atoms. The molecule has 0 saturated carbocycles. The zero-order valence-electron chi connectivity index (χ0n) is 15.1. The van der Waals surface area contributed by atoms with Crippen LogP contribution in [0.15, 0.2) is 65.0 Å². The van der Waals surface area contributed by atoms with Crippen molar-refractivity contribution >= 4 is 33.2 Å². The number of rotatable bonds is 4. The Bertz CT molecular complexity index is 1160. The third-order valence-corrected chi connectivity index (χ3v) is 6.00. The van der Waals surface area contributed by atoms with E-state index in [1.165, 1.54) is 16.9 Å². The summed E-state index contributed by atoms with van der Waals surface area (Å²) in [7, 11) is 0. The lowest BCUT2D eigenvalue weighted by Crippen LogP contribution is -2.21. The van der Waals surface area contributed by atoms with Crippen LogP contribution in [-0.4, -0.2) is 9.55 Å². The number of benzene rings is 2. The van der Waals surface area contributed by atoms with Gasteiger partial charge in [-0.05, 0) is 28.7 Å². The quantitative estimate of drug-likeness (QED) is 0.428. The van der Waals surface area contributed by atoms with Gasteiger partial charge in [-0.2, -0.15) is 0 Å². The Morgan fingerprint density at radius 2 is 1.85 bits per heavy atom. The molecule has 0 aliphatic rings. The maximum absolute atomic E-state index is 13.2. The van der Waals surface area contributed by atoms with E-state index in [0.717, 1.165) is 21.5 Å². The maximum Gasteiger partial charge on any atom is 0.263 e. The van der Waals surface area contributed by atoms with Crippen molar-refractivity contribution < 1.29 is 0 Å². The van der Waals surface area contributed by atoms with Crippen molar-refractivity contribution in [3.05, 3.63) is 86.7 Å². The number of fused-ring (bicyclic) bond motifs is 1. The molecule has 4 rings (SSSR count). The third kappa shape index (κ3) is 3.43. The molecule has 0 unspecified atom stereocenters. The lowest BCUT2D eigenvalue weighted by molar-refractivity contribution is 0.749. The Hall–Kier alpha value is -2.43. The van der Waals surface area contributed by atoms with E-state index in [1.54, 1.807) is 10.9 Å². The standard InChI is InChI=1S/C22H19ClN2OS/c1-14(2)15-7-9-16(10-8-15)18-12-27-21-20(18)22(26)25(13-24-21)11-17-5-3-4-6-19(17)23/h3-10,12-14H,11H2,1-2H3. The highest BCUT2D eigenvalue weighted by atomic mass is 35.5. The topological polar surface area (TPSA) is 34.9 Å². The molecule has 2 heterocycles. The van der Waals surface area contributed by atoms with Gasteiger partial charge in [-0.25, -0.2) is 4.98 Å². The van der Waals surface area contributed by atoms with Gasteiger partial charge in [0.05, 0.1) is 18.3 Å². The molecule has 0 aliphatic carbocycles. The molecule has 0 bridgehead atoms. The molecule has 4 aromatic rings. The smallest absolute Gasteiger partial charge is 0.263 e. The van der Waals surface area contributed by atoms with E-state index in [4.69, 9.17) is 11.6 Å². The average molecular weight is 395 g/mol. The molecule has 3 nitrogen and oxygen atoms in total. The molecule has 0 atom stereocenters. The first-order valence-corrected chi connectivity index (χ1v) is 10.1. The van der Waals surface area contributed by atoms with E-state index in [-0.39, 0.29) is 5.56 Å². The number of aromatic nitrogens is 2. The molecule has 0 fully saturated rings. The van der Waals surface area contributed by atoms with Crippen molar-refractivity contribution in [1.82, 2.24) is 9.55 Å².